The van der Waals surface area contributed by atoms with Gasteiger partial charge in [0.25, 0.3) is 5.69 Å². The lowest BCUT2D eigenvalue weighted by Crippen LogP contribution is -1.94. The first-order valence-electron chi connectivity index (χ1n) is 3.33. The highest BCUT2D eigenvalue weighted by molar-refractivity contribution is 7.80. The van der Waals surface area contributed by atoms with Gasteiger partial charge in [-0.1, -0.05) is 0 Å². The number of hydrogen-bond acceptors (Lipinski definition) is 4. The standard InChI is InChI=1S/C7H8N2O2S/c10-9(11)7-3-1-6(2-4-7)8-5-12/h1-4,8,12H,5H2. The molecule has 0 fully saturated rings. The van der Waals surface area contributed by atoms with Gasteiger partial charge in [0.15, 0.2) is 0 Å². The number of thiol groups is 1. The Bertz CT molecular complexity index is 273. The van der Waals surface area contributed by atoms with Crippen LogP contribution in [0.4, 0.5) is 11.4 Å². The first kappa shape index (κ1) is 8.86. The van der Waals surface area contributed by atoms with Crippen molar-refractivity contribution < 1.29 is 4.92 Å². The van der Waals surface area contributed by atoms with E-state index >= 15 is 0 Å². The van der Waals surface area contributed by atoms with Crippen molar-refractivity contribution in [2.24, 2.45) is 0 Å². The lowest BCUT2D eigenvalue weighted by atomic mass is 10.3. The van der Waals surface area contributed by atoms with Crippen molar-refractivity contribution in [3.8, 4) is 0 Å². The number of anilines is 1. The lowest BCUT2D eigenvalue weighted by molar-refractivity contribution is -0.384. The second kappa shape index (κ2) is 3.96. The summed E-state index contributed by atoms with van der Waals surface area (Å²) in [4.78, 5) is 9.81. The van der Waals surface area contributed by atoms with Gasteiger partial charge in [-0.25, -0.2) is 0 Å². The van der Waals surface area contributed by atoms with Gasteiger partial charge in [0.05, 0.1) is 10.8 Å². The van der Waals surface area contributed by atoms with E-state index < -0.39 is 4.92 Å². The minimum Gasteiger partial charge on any atom is -0.376 e. The van der Waals surface area contributed by atoms with Crippen LogP contribution in [0.25, 0.3) is 0 Å². The summed E-state index contributed by atoms with van der Waals surface area (Å²) in [6.07, 6.45) is 0. The number of nitrogens with one attached hydrogen (secondary N) is 1. The average Bonchev–Trinajstić information content (AvgIpc) is 2.06. The molecule has 0 spiro atoms. The van der Waals surface area contributed by atoms with E-state index in [4.69, 9.17) is 0 Å². The van der Waals surface area contributed by atoms with Crippen molar-refractivity contribution >= 4 is 24.0 Å². The highest BCUT2D eigenvalue weighted by Crippen LogP contribution is 2.14. The molecule has 0 radical (unpaired) electrons. The molecule has 0 unspecified atom stereocenters. The SMILES string of the molecule is O=[N+]([O-])c1ccc(NCS)cc1. The number of nitro benzene ring substituents is 1. The van der Waals surface area contributed by atoms with E-state index in [1.165, 1.54) is 12.1 Å². The van der Waals surface area contributed by atoms with Crippen LogP contribution < -0.4 is 5.32 Å². The second-order valence-electron chi connectivity index (χ2n) is 2.14. The maximum Gasteiger partial charge on any atom is 0.269 e. The predicted octanol–water partition coefficient (Wildman–Crippen LogP) is 1.89. The molecule has 0 aliphatic carbocycles. The van der Waals surface area contributed by atoms with Crippen molar-refractivity contribution in [1.29, 1.82) is 0 Å². The van der Waals surface area contributed by atoms with E-state index in [0.29, 0.717) is 5.88 Å². The molecule has 1 aromatic carbocycles. The Hall–Kier alpha value is -1.23. The van der Waals surface area contributed by atoms with E-state index in [0.717, 1.165) is 5.69 Å². The fourth-order valence-electron chi connectivity index (χ4n) is 0.792. The van der Waals surface area contributed by atoms with Crippen LogP contribution in [-0.2, 0) is 0 Å². The molecule has 0 amide bonds. The first-order valence-corrected chi connectivity index (χ1v) is 3.96. The molecule has 12 heavy (non-hydrogen) atoms. The van der Waals surface area contributed by atoms with Gasteiger partial charge >= 0.3 is 0 Å². The van der Waals surface area contributed by atoms with Gasteiger partial charge in [-0.15, -0.1) is 0 Å². The van der Waals surface area contributed by atoms with Crippen LogP contribution in [0.5, 0.6) is 0 Å². The molecule has 5 heteroatoms. The zero-order valence-corrected chi connectivity index (χ0v) is 7.12. The summed E-state index contributed by atoms with van der Waals surface area (Å²) in [5.74, 6) is 0.512. The monoisotopic (exact) mass is 184 g/mol. The third-order valence-electron chi connectivity index (χ3n) is 1.36. The van der Waals surface area contributed by atoms with Crippen LogP contribution in [0.1, 0.15) is 0 Å². The highest BCUT2D eigenvalue weighted by Gasteiger charge is 2.02. The van der Waals surface area contributed by atoms with Crippen LogP contribution in [0, 0.1) is 10.1 Å². The molecule has 0 saturated heterocycles. The molecule has 0 atom stereocenters. The lowest BCUT2D eigenvalue weighted by Gasteiger charge is -2.00. The maximum atomic E-state index is 10.2. The average molecular weight is 184 g/mol. The Morgan fingerprint density at radius 2 is 2.00 bits per heavy atom. The zero-order valence-electron chi connectivity index (χ0n) is 6.23. The Morgan fingerprint density at radius 1 is 1.42 bits per heavy atom. The fraction of sp³-hybridized carbons (Fsp3) is 0.143. The molecule has 0 aliphatic heterocycles. The van der Waals surface area contributed by atoms with E-state index in [1.807, 2.05) is 0 Å². The largest absolute Gasteiger partial charge is 0.376 e. The molecule has 0 saturated carbocycles. The number of non-ortho nitro benzene ring substituents is 1. The minimum atomic E-state index is -0.426. The topological polar surface area (TPSA) is 55.2 Å². The summed E-state index contributed by atoms with van der Waals surface area (Å²) in [5.41, 5.74) is 0.926. The van der Waals surface area contributed by atoms with Gasteiger partial charge in [0.1, 0.15) is 0 Å². The molecule has 1 N–H and O–H groups in total. The molecular formula is C7H8N2O2S. The Kier molecular flexibility index (Phi) is 2.93. The number of nitro groups is 1. The summed E-state index contributed by atoms with van der Waals surface area (Å²) in [6, 6.07) is 6.19. The fourth-order valence-corrected chi connectivity index (χ4v) is 0.975. The van der Waals surface area contributed by atoms with Crippen molar-refractivity contribution in [3.63, 3.8) is 0 Å². The van der Waals surface area contributed by atoms with Gasteiger partial charge in [0, 0.05) is 17.8 Å². The van der Waals surface area contributed by atoms with Gasteiger partial charge in [0.2, 0.25) is 0 Å². The number of nitrogens with zero attached hydrogens (tertiary/aromatic N) is 1. The van der Waals surface area contributed by atoms with E-state index in [-0.39, 0.29) is 5.69 Å². The van der Waals surface area contributed by atoms with Gasteiger partial charge in [-0.2, -0.15) is 12.6 Å². The summed E-state index contributed by atoms with van der Waals surface area (Å²) >= 11 is 3.95. The van der Waals surface area contributed by atoms with Gasteiger partial charge < -0.3 is 5.32 Å². The molecular weight excluding hydrogens is 176 g/mol. The first-order chi connectivity index (χ1) is 5.74. The van der Waals surface area contributed by atoms with Crippen molar-refractivity contribution in [2.75, 3.05) is 11.2 Å². The van der Waals surface area contributed by atoms with Crippen LogP contribution in [-0.4, -0.2) is 10.8 Å². The Labute approximate surface area is 75.2 Å². The van der Waals surface area contributed by atoms with Crippen LogP contribution in [0.15, 0.2) is 24.3 Å². The normalized spacial score (nSPS) is 9.42. The Morgan fingerprint density at radius 3 is 2.42 bits per heavy atom. The van der Waals surface area contributed by atoms with E-state index in [9.17, 15) is 10.1 Å². The summed E-state index contributed by atoms with van der Waals surface area (Å²) in [6.45, 7) is 0. The molecule has 0 heterocycles. The highest BCUT2D eigenvalue weighted by atomic mass is 32.1. The molecule has 1 aromatic rings. The minimum absolute atomic E-state index is 0.0970. The van der Waals surface area contributed by atoms with E-state index in [2.05, 4.69) is 17.9 Å². The molecule has 0 bridgehead atoms. The van der Waals surface area contributed by atoms with E-state index in [1.54, 1.807) is 12.1 Å². The van der Waals surface area contributed by atoms with Crippen LogP contribution >= 0.6 is 12.6 Å². The summed E-state index contributed by atoms with van der Waals surface area (Å²) < 4.78 is 0. The number of hydrogen-bond donors (Lipinski definition) is 2. The second-order valence-corrected chi connectivity index (χ2v) is 2.46. The number of benzene rings is 1. The van der Waals surface area contributed by atoms with Crippen molar-refractivity contribution in [2.45, 2.75) is 0 Å². The van der Waals surface area contributed by atoms with Crippen LogP contribution in [0.2, 0.25) is 0 Å². The smallest absolute Gasteiger partial charge is 0.269 e. The molecule has 64 valence electrons. The third kappa shape index (κ3) is 2.13. The zero-order chi connectivity index (χ0) is 8.97. The Balaban J connectivity index is 2.78. The van der Waals surface area contributed by atoms with Crippen LogP contribution in [0.3, 0.4) is 0 Å². The summed E-state index contributed by atoms with van der Waals surface area (Å²) in [5, 5.41) is 13.2. The molecule has 0 aliphatic rings. The summed E-state index contributed by atoms with van der Waals surface area (Å²) in [7, 11) is 0. The van der Waals surface area contributed by atoms with Crippen molar-refractivity contribution in [1.82, 2.24) is 0 Å². The molecule has 4 nitrogen and oxygen atoms in total. The molecule has 1 rings (SSSR count). The predicted molar refractivity (Wildman–Crippen MR) is 50.6 cm³/mol. The number of rotatable bonds is 3. The van der Waals surface area contributed by atoms with Gasteiger partial charge in [-0.05, 0) is 12.1 Å². The van der Waals surface area contributed by atoms with Crippen molar-refractivity contribution in [3.05, 3.63) is 34.4 Å². The van der Waals surface area contributed by atoms with Gasteiger partial charge in [-0.3, -0.25) is 10.1 Å². The quantitative estimate of drug-likeness (QED) is 0.326. The molecule has 0 aromatic heterocycles. The maximum absolute atomic E-state index is 10.2. The third-order valence-corrected chi connectivity index (χ3v) is 1.52.